The minimum absolute atomic E-state index is 0.0296. The molecular weight excluding hydrogens is 256 g/mol. The molecular formula is C15H16N2O3. The zero-order chi connectivity index (χ0) is 14.4. The molecule has 1 aromatic heterocycles. The number of aliphatic hydroxyl groups excluding tert-OH is 1. The zero-order valence-electron chi connectivity index (χ0n) is 10.9. The first kappa shape index (κ1) is 14.0. The molecule has 0 spiro atoms. The number of amides is 1. The summed E-state index contributed by atoms with van der Waals surface area (Å²) in [5.74, 6) is -0.397. The van der Waals surface area contributed by atoms with Crippen LogP contribution in [-0.2, 0) is 0 Å². The highest BCUT2D eigenvalue weighted by atomic mass is 16.3. The molecule has 3 N–H and O–H groups in total. The van der Waals surface area contributed by atoms with Gasteiger partial charge in [-0.1, -0.05) is 30.3 Å². The molecule has 1 unspecified atom stereocenters. The summed E-state index contributed by atoms with van der Waals surface area (Å²) in [5.41, 5.74) is 1.20. The smallest absolute Gasteiger partial charge is 0.253 e. The van der Waals surface area contributed by atoms with E-state index in [-0.39, 0.29) is 29.9 Å². The summed E-state index contributed by atoms with van der Waals surface area (Å²) >= 11 is 0. The van der Waals surface area contributed by atoms with E-state index < -0.39 is 0 Å². The fourth-order valence-electron chi connectivity index (χ4n) is 1.93. The van der Waals surface area contributed by atoms with Gasteiger partial charge in [0.25, 0.3) is 5.91 Å². The SMILES string of the molecule is O=C(NC(CCO)c1ccccc1)c1cncc(O)c1. The Morgan fingerprint density at radius 1 is 1.25 bits per heavy atom. The molecule has 1 atom stereocenters. The maximum absolute atomic E-state index is 12.1. The fourth-order valence-corrected chi connectivity index (χ4v) is 1.93. The van der Waals surface area contributed by atoms with Gasteiger partial charge < -0.3 is 15.5 Å². The number of pyridine rings is 1. The van der Waals surface area contributed by atoms with Gasteiger partial charge >= 0.3 is 0 Å². The van der Waals surface area contributed by atoms with Crippen LogP contribution < -0.4 is 5.32 Å². The zero-order valence-corrected chi connectivity index (χ0v) is 10.9. The fraction of sp³-hybridized carbons (Fsp3) is 0.200. The standard InChI is InChI=1S/C15H16N2O3/c18-7-6-14(11-4-2-1-3-5-11)17-15(20)12-8-13(19)10-16-9-12/h1-5,8-10,14,18-19H,6-7H2,(H,17,20). The van der Waals surface area contributed by atoms with Crippen LogP contribution in [0.4, 0.5) is 0 Å². The Morgan fingerprint density at radius 2 is 2.00 bits per heavy atom. The van der Waals surface area contributed by atoms with E-state index >= 15 is 0 Å². The van der Waals surface area contributed by atoms with E-state index in [0.717, 1.165) is 5.56 Å². The summed E-state index contributed by atoms with van der Waals surface area (Å²) in [4.78, 5) is 15.9. The van der Waals surface area contributed by atoms with Crippen LogP contribution in [0.1, 0.15) is 28.4 Å². The quantitative estimate of drug-likeness (QED) is 0.772. The molecule has 0 aliphatic carbocycles. The minimum Gasteiger partial charge on any atom is -0.506 e. The molecule has 1 heterocycles. The number of nitrogens with one attached hydrogen (secondary N) is 1. The van der Waals surface area contributed by atoms with Crippen molar-refractivity contribution in [2.24, 2.45) is 0 Å². The van der Waals surface area contributed by atoms with Crippen LogP contribution in [0.25, 0.3) is 0 Å². The molecule has 2 aromatic rings. The summed E-state index contributed by atoms with van der Waals surface area (Å²) in [5, 5.41) is 21.3. The Hall–Kier alpha value is -2.40. The third-order valence-electron chi connectivity index (χ3n) is 2.91. The average molecular weight is 272 g/mol. The minimum atomic E-state index is -0.337. The van der Waals surface area contributed by atoms with Crippen molar-refractivity contribution in [3.05, 3.63) is 59.9 Å². The molecule has 0 aliphatic heterocycles. The van der Waals surface area contributed by atoms with Crippen molar-refractivity contribution < 1.29 is 15.0 Å². The second kappa shape index (κ2) is 6.68. The van der Waals surface area contributed by atoms with Crippen molar-refractivity contribution in [2.75, 3.05) is 6.61 Å². The lowest BCUT2D eigenvalue weighted by molar-refractivity contribution is 0.0929. The van der Waals surface area contributed by atoms with Crippen molar-refractivity contribution in [2.45, 2.75) is 12.5 Å². The van der Waals surface area contributed by atoms with Gasteiger partial charge in [-0.3, -0.25) is 9.78 Å². The summed E-state index contributed by atoms with van der Waals surface area (Å²) in [6.07, 6.45) is 3.07. The summed E-state index contributed by atoms with van der Waals surface area (Å²) in [7, 11) is 0. The number of aromatic nitrogens is 1. The number of carbonyl (C=O) groups is 1. The van der Waals surface area contributed by atoms with Crippen molar-refractivity contribution in [3.63, 3.8) is 0 Å². The van der Waals surface area contributed by atoms with Crippen molar-refractivity contribution in [1.29, 1.82) is 0 Å². The van der Waals surface area contributed by atoms with Gasteiger partial charge in [0.15, 0.2) is 0 Å². The topological polar surface area (TPSA) is 82.5 Å². The average Bonchev–Trinajstić information content (AvgIpc) is 2.47. The predicted molar refractivity (Wildman–Crippen MR) is 74.3 cm³/mol. The van der Waals surface area contributed by atoms with E-state index in [9.17, 15) is 9.90 Å². The number of carbonyl (C=O) groups excluding carboxylic acids is 1. The van der Waals surface area contributed by atoms with Crippen LogP contribution in [0.5, 0.6) is 5.75 Å². The largest absolute Gasteiger partial charge is 0.506 e. The van der Waals surface area contributed by atoms with E-state index in [4.69, 9.17) is 5.11 Å². The van der Waals surface area contributed by atoms with E-state index in [1.165, 1.54) is 18.5 Å². The lowest BCUT2D eigenvalue weighted by Gasteiger charge is -2.18. The maximum atomic E-state index is 12.1. The molecule has 2 rings (SSSR count). The highest BCUT2D eigenvalue weighted by molar-refractivity contribution is 5.94. The van der Waals surface area contributed by atoms with Crippen LogP contribution in [0.3, 0.4) is 0 Å². The molecule has 0 radical (unpaired) electrons. The van der Waals surface area contributed by atoms with Crippen LogP contribution in [0.2, 0.25) is 0 Å². The van der Waals surface area contributed by atoms with Gasteiger partial charge in [0.2, 0.25) is 0 Å². The highest BCUT2D eigenvalue weighted by Gasteiger charge is 2.15. The van der Waals surface area contributed by atoms with Gasteiger partial charge in [-0.05, 0) is 18.1 Å². The summed E-state index contributed by atoms with van der Waals surface area (Å²) < 4.78 is 0. The highest BCUT2D eigenvalue weighted by Crippen LogP contribution is 2.17. The van der Waals surface area contributed by atoms with Gasteiger partial charge in [-0.15, -0.1) is 0 Å². The normalized spacial score (nSPS) is 11.8. The van der Waals surface area contributed by atoms with Crippen molar-refractivity contribution in [3.8, 4) is 5.75 Å². The second-order valence-corrected chi connectivity index (χ2v) is 4.38. The summed E-state index contributed by atoms with van der Waals surface area (Å²) in [6, 6.07) is 10.5. The van der Waals surface area contributed by atoms with Gasteiger partial charge in [-0.25, -0.2) is 0 Å². The number of hydrogen-bond donors (Lipinski definition) is 3. The lowest BCUT2D eigenvalue weighted by Crippen LogP contribution is -2.29. The molecule has 20 heavy (non-hydrogen) atoms. The molecule has 1 aromatic carbocycles. The Labute approximate surface area is 116 Å². The molecule has 0 fully saturated rings. The van der Waals surface area contributed by atoms with Crippen molar-refractivity contribution in [1.82, 2.24) is 10.3 Å². The number of nitrogens with zero attached hydrogens (tertiary/aromatic N) is 1. The molecule has 1 amide bonds. The van der Waals surface area contributed by atoms with Crippen LogP contribution in [0, 0.1) is 0 Å². The molecule has 0 aliphatic rings. The number of hydrogen-bond acceptors (Lipinski definition) is 4. The molecule has 0 saturated carbocycles. The third-order valence-corrected chi connectivity index (χ3v) is 2.91. The Kier molecular flexibility index (Phi) is 4.68. The Balaban J connectivity index is 2.14. The van der Waals surface area contributed by atoms with E-state index in [1.807, 2.05) is 30.3 Å². The van der Waals surface area contributed by atoms with E-state index in [2.05, 4.69) is 10.3 Å². The Morgan fingerprint density at radius 3 is 2.65 bits per heavy atom. The first-order valence-corrected chi connectivity index (χ1v) is 6.31. The van der Waals surface area contributed by atoms with Crippen LogP contribution >= 0.6 is 0 Å². The molecule has 5 heteroatoms. The first-order chi connectivity index (χ1) is 9.70. The van der Waals surface area contributed by atoms with Gasteiger partial charge in [0.1, 0.15) is 5.75 Å². The molecule has 104 valence electrons. The van der Waals surface area contributed by atoms with E-state index in [0.29, 0.717) is 6.42 Å². The van der Waals surface area contributed by atoms with Gasteiger partial charge in [0.05, 0.1) is 17.8 Å². The van der Waals surface area contributed by atoms with Gasteiger partial charge in [-0.2, -0.15) is 0 Å². The monoisotopic (exact) mass is 272 g/mol. The molecule has 5 nitrogen and oxygen atoms in total. The lowest BCUT2D eigenvalue weighted by atomic mass is 10.0. The first-order valence-electron chi connectivity index (χ1n) is 6.31. The molecule has 0 bridgehead atoms. The number of aromatic hydroxyl groups is 1. The number of aliphatic hydroxyl groups is 1. The maximum Gasteiger partial charge on any atom is 0.253 e. The van der Waals surface area contributed by atoms with Gasteiger partial charge in [0, 0.05) is 12.8 Å². The third kappa shape index (κ3) is 3.55. The van der Waals surface area contributed by atoms with Crippen molar-refractivity contribution >= 4 is 5.91 Å². The second-order valence-electron chi connectivity index (χ2n) is 4.38. The Bertz CT molecular complexity index is 572. The predicted octanol–water partition coefficient (Wildman–Crippen LogP) is 1.64. The van der Waals surface area contributed by atoms with Crippen LogP contribution in [-0.4, -0.2) is 27.7 Å². The molecule has 0 saturated heterocycles. The summed E-state index contributed by atoms with van der Waals surface area (Å²) in [6.45, 7) is -0.0296. The van der Waals surface area contributed by atoms with Crippen LogP contribution in [0.15, 0.2) is 48.8 Å². The van der Waals surface area contributed by atoms with E-state index in [1.54, 1.807) is 0 Å². The number of benzene rings is 1. The number of rotatable bonds is 5.